The molecule has 0 bridgehead atoms. The zero-order valence-electron chi connectivity index (χ0n) is 15.3. The number of sulfonamides is 1. The highest BCUT2D eigenvalue weighted by Gasteiger charge is 2.41. The maximum atomic E-state index is 11.7. The van der Waals surface area contributed by atoms with Gasteiger partial charge in [-0.1, -0.05) is 36.4 Å². The molecule has 1 aromatic heterocycles. The van der Waals surface area contributed by atoms with Gasteiger partial charge >= 0.3 is 0 Å². The van der Waals surface area contributed by atoms with E-state index in [1.165, 1.54) is 16.7 Å². The van der Waals surface area contributed by atoms with Crippen molar-refractivity contribution in [3.8, 4) is 0 Å². The van der Waals surface area contributed by atoms with Crippen molar-refractivity contribution in [2.45, 2.75) is 31.1 Å². The van der Waals surface area contributed by atoms with Crippen molar-refractivity contribution in [1.82, 2.24) is 4.98 Å². The predicted molar refractivity (Wildman–Crippen MR) is 109 cm³/mol. The number of benzene rings is 2. The highest BCUT2D eigenvalue weighted by Crippen LogP contribution is 2.49. The number of aryl methyl sites for hydroxylation is 1. The normalized spacial score (nSPS) is 19.3. The number of nitrogens with one attached hydrogen (secondary N) is 2. The van der Waals surface area contributed by atoms with Crippen LogP contribution in [0.25, 0.3) is 10.9 Å². The summed E-state index contributed by atoms with van der Waals surface area (Å²) in [7, 11) is -3.36. The summed E-state index contributed by atoms with van der Waals surface area (Å²) < 4.78 is 26.0. The van der Waals surface area contributed by atoms with E-state index in [4.69, 9.17) is 0 Å². The van der Waals surface area contributed by atoms with Crippen LogP contribution in [0.5, 0.6) is 0 Å². The number of aliphatic hydroxyl groups excluding tert-OH is 1. The van der Waals surface area contributed by atoms with Crippen LogP contribution in [0.3, 0.4) is 0 Å². The topological polar surface area (TPSA) is 82.2 Å². The van der Waals surface area contributed by atoms with E-state index >= 15 is 0 Å². The average Bonchev–Trinajstić information content (AvgIpc) is 3.22. The third-order valence-corrected chi connectivity index (χ3v) is 6.23. The van der Waals surface area contributed by atoms with E-state index in [1.54, 1.807) is 6.07 Å². The summed E-state index contributed by atoms with van der Waals surface area (Å²) in [5, 5.41) is 10.5. The van der Waals surface area contributed by atoms with Crippen LogP contribution < -0.4 is 4.72 Å². The van der Waals surface area contributed by atoms with Crippen LogP contribution in [0.15, 0.2) is 48.7 Å². The van der Waals surface area contributed by atoms with Gasteiger partial charge in [-0.2, -0.15) is 0 Å². The molecule has 4 rings (SSSR count). The SMILES string of the molecule is CS(=O)(=O)Nc1cccc2c(C3(CCCO)CCc4ccccc43)c[nH]c12. The summed E-state index contributed by atoms with van der Waals surface area (Å²) in [5.41, 5.74) is 5.04. The Bertz CT molecular complexity index is 1090. The first kappa shape index (κ1) is 18.1. The fraction of sp³-hybridized carbons (Fsp3) is 0.333. The highest BCUT2D eigenvalue weighted by atomic mass is 32.2. The quantitative estimate of drug-likeness (QED) is 0.608. The van der Waals surface area contributed by atoms with Crippen molar-refractivity contribution in [2.75, 3.05) is 17.6 Å². The van der Waals surface area contributed by atoms with Crippen LogP contribution in [0.4, 0.5) is 5.69 Å². The van der Waals surface area contributed by atoms with E-state index in [2.05, 4.69) is 34.0 Å². The molecule has 0 radical (unpaired) electrons. The van der Waals surface area contributed by atoms with Gasteiger partial charge in [-0.3, -0.25) is 4.72 Å². The van der Waals surface area contributed by atoms with Gasteiger partial charge in [0.05, 0.1) is 17.5 Å². The Morgan fingerprint density at radius 2 is 1.96 bits per heavy atom. The molecule has 6 heteroatoms. The van der Waals surface area contributed by atoms with Crippen molar-refractivity contribution in [3.05, 3.63) is 65.4 Å². The van der Waals surface area contributed by atoms with Crippen LogP contribution in [-0.2, 0) is 21.9 Å². The molecule has 0 saturated carbocycles. The molecule has 1 aliphatic carbocycles. The smallest absolute Gasteiger partial charge is 0.229 e. The molecular formula is C21H24N2O3S. The lowest BCUT2D eigenvalue weighted by Crippen LogP contribution is -2.25. The van der Waals surface area contributed by atoms with Crippen LogP contribution in [-0.4, -0.2) is 31.4 Å². The van der Waals surface area contributed by atoms with Crippen molar-refractivity contribution in [2.24, 2.45) is 0 Å². The number of hydrogen-bond donors (Lipinski definition) is 3. The second kappa shape index (κ2) is 6.69. The number of aromatic amines is 1. The second-order valence-electron chi connectivity index (χ2n) is 7.37. The van der Waals surface area contributed by atoms with Crippen molar-refractivity contribution >= 4 is 26.6 Å². The predicted octanol–water partition coefficient (Wildman–Crippen LogP) is 3.54. The molecule has 0 amide bonds. The Labute approximate surface area is 159 Å². The lowest BCUT2D eigenvalue weighted by molar-refractivity contribution is 0.269. The molecule has 1 unspecified atom stereocenters. The first-order valence-corrected chi connectivity index (χ1v) is 11.1. The lowest BCUT2D eigenvalue weighted by atomic mass is 9.72. The van der Waals surface area contributed by atoms with E-state index < -0.39 is 10.0 Å². The molecule has 2 aromatic carbocycles. The van der Waals surface area contributed by atoms with Gasteiger partial charge in [-0.15, -0.1) is 0 Å². The summed E-state index contributed by atoms with van der Waals surface area (Å²) in [6, 6.07) is 14.2. The molecule has 1 atom stereocenters. The molecule has 0 aliphatic heterocycles. The monoisotopic (exact) mass is 384 g/mol. The minimum atomic E-state index is -3.36. The molecule has 27 heavy (non-hydrogen) atoms. The molecule has 1 heterocycles. The molecule has 1 aliphatic rings. The Morgan fingerprint density at radius 1 is 1.15 bits per heavy atom. The summed E-state index contributed by atoms with van der Waals surface area (Å²) in [6.45, 7) is 0.160. The highest BCUT2D eigenvalue weighted by molar-refractivity contribution is 7.92. The Morgan fingerprint density at radius 3 is 2.74 bits per heavy atom. The van der Waals surface area contributed by atoms with Gasteiger partial charge in [0.15, 0.2) is 0 Å². The Balaban J connectivity index is 1.90. The number of H-pyrrole nitrogens is 1. The molecule has 3 aromatic rings. The van der Waals surface area contributed by atoms with Gasteiger partial charge < -0.3 is 10.1 Å². The number of anilines is 1. The van der Waals surface area contributed by atoms with Crippen LogP contribution in [0.1, 0.15) is 36.0 Å². The van der Waals surface area contributed by atoms with Gasteiger partial charge in [0, 0.05) is 23.6 Å². The van der Waals surface area contributed by atoms with Crippen molar-refractivity contribution in [1.29, 1.82) is 0 Å². The van der Waals surface area contributed by atoms with E-state index in [-0.39, 0.29) is 12.0 Å². The minimum absolute atomic E-state index is 0.160. The number of aromatic nitrogens is 1. The minimum Gasteiger partial charge on any atom is -0.396 e. The number of aliphatic hydroxyl groups is 1. The number of para-hydroxylation sites is 1. The molecule has 0 spiro atoms. The summed E-state index contributed by atoms with van der Waals surface area (Å²) in [5.74, 6) is 0. The number of hydrogen-bond acceptors (Lipinski definition) is 3. The maximum absolute atomic E-state index is 11.7. The Hall–Kier alpha value is -2.31. The largest absolute Gasteiger partial charge is 0.396 e. The van der Waals surface area contributed by atoms with E-state index in [9.17, 15) is 13.5 Å². The molecular weight excluding hydrogens is 360 g/mol. The van der Waals surface area contributed by atoms with Gasteiger partial charge in [0.25, 0.3) is 0 Å². The zero-order chi connectivity index (χ0) is 19.1. The first-order valence-electron chi connectivity index (χ1n) is 9.22. The van der Waals surface area contributed by atoms with E-state index in [1.807, 2.05) is 18.3 Å². The second-order valence-corrected chi connectivity index (χ2v) is 9.12. The standard InChI is InChI=1S/C21H24N2O3S/c1-27(25,26)23-19-9-4-7-16-18(14-22-20(16)19)21(11-5-13-24)12-10-15-6-2-3-8-17(15)21/h2-4,6-9,14,22-24H,5,10-13H2,1H3. The Kier molecular flexibility index (Phi) is 4.48. The molecule has 5 nitrogen and oxygen atoms in total. The third-order valence-electron chi connectivity index (χ3n) is 5.64. The summed E-state index contributed by atoms with van der Waals surface area (Å²) in [4.78, 5) is 3.30. The summed E-state index contributed by atoms with van der Waals surface area (Å²) in [6.07, 6.45) is 6.75. The van der Waals surface area contributed by atoms with E-state index in [0.29, 0.717) is 5.69 Å². The maximum Gasteiger partial charge on any atom is 0.229 e. The molecule has 3 N–H and O–H groups in total. The zero-order valence-corrected chi connectivity index (χ0v) is 16.1. The first-order chi connectivity index (χ1) is 12.9. The van der Waals surface area contributed by atoms with Crippen molar-refractivity contribution < 1.29 is 13.5 Å². The fourth-order valence-corrected chi connectivity index (χ4v) is 5.15. The molecule has 0 saturated heterocycles. The average molecular weight is 385 g/mol. The van der Waals surface area contributed by atoms with Crippen LogP contribution >= 0.6 is 0 Å². The van der Waals surface area contributed by atoms with E-state index in [0.717, 1.165) is 42.8 Å². The fourth-order valence-electron chi connectivity index (χ4n) is 4.58. The van der Waals surface area contributed by atoms with Gasteiger partial charge in [0.1, 0.15) is 0 Å². The third kappa shape index (κ3) is 3.13. The number of fused-ring (bicyclic) bond motifs is 2. The van der Waals surface area contributed by atoms with Gasteiger partial charge in [-0.05, 0) is 48.4 Å². The van der Waals surface area contributed by atoms with Crippen LogP contribution in [0.2, 0.25) is 0 Å². The van der Waals surface area contributed by atoms with Gasteiger partial charge in [-0.25, -0.2) is 8.42 Å². The lowest BCUT2D eigenvalue weighted by Gasteiger charge is -2.31. The number of rotatable bonds is 6. The van der Waals surface area contributed by atoms with Crippen LogP contribution in [0, 0.1) is 0 Å². The molecule has 142 valence electrons. The summed E-state index contributed by atoms with van der Waals surface area (Å²) >= 11 is 0. The van der Waals surface area contributed by atoms with Gasteiger partial charge in [0.2, 0.25) is 10.0 Å². The van der Waals surface area contributed by atoms with Crippen molar-refractivity contribution in [3.63, 3.8) is 0 Å². The molecule has 0 fully saturated rings.